The summed E-state index contributed by atoms with van der Waals surface area (Å²) in [4.78, 5) is 44.2. The first-order valence-corrected chi connectivity index (χ1v) is 13.2. The molecule has 2 aromatic heterocycles. The molecule has 1 aromatic carbocycles. The van der Waals surface area contributed by atoms with E-state index in [0.29, 0.717) is 22.7 Å². The molecule has 38 heavy (non-hydrogen) atoms. The second-order valence-electron chi connectivity index (χ2n) is 8.97. The predicted octanol–water partition coefficient (Wildman–Crippen LogP) is 4.13. The summed E-state index contributed by atoms with van der Waals surface area (Å²) in [5.41, 5.74) is 2.51. The Labute approximate surface area is 233 Å². The molecule has 3 aromatic rings. The van der Waals surface area contributed by atoms with Crippen LogP contribution in [0.1, 0.15) is 36.6 Å². The van der Waals surface area contributed by atoms with E-state index in [1.165, 1.54) is 11.8 Å². The predicted molar refractivity (Wildman–Crippen MR) is 143 cm³/mol. The average molecular weight is 578 g/mol. The second kappa shape index (κ2) is 11.6. The third-order valence-corrected chi connectivity index (χ3v) is 7.58. The summed E-state index contributed by atoms with van der Waals surface area (Å²) in [7, 11) is 0. The Hall–Kier alpha value is -3.25. The van der Waals surface area contributed by atoms with Crippen molar-refractivity contribution in [3.05, 3.63) is 69.6 Å². The van der Waals surface area contributed by atoms with E-state index in [0.717, 1.165) is 22.8 Å². The first-order valence-electron chi connectivity index (χ1n) is 11.6. The quantitative estimate of drug-likeness (QED) is 0.198. The highest BCUT2D eigenvalue weighted by atomic mass is 35.5. The lowest BCUT2D eigenvalue weighted by Crippen LogP contribution is -2.48. The third-order valence-electron chi connectivity index (χ3n) is 6.39. The number of carbonyl (C=O) groups excluding carboxylic acids is 3. The number of likely N-dealkylation sites (tertiary alicyclic amines) is 1. The molecule has 10 nitrogen and oxygen atoms in total. The van der Waals surface area contributed by atoms with E-state index in [2.05, 4.69) is 14.7 Å². The zero-order valence-corrected chi connectivity index (χ0v) is 22.9. The number of amides is 3. The molecule has 4 rings (SSSR count). The van der Waals surface area contributed by atoms with Crippen molar-refractivity contribution in [3.63, 3.8) is 0 Å². The number of pyridine rings is 1. The number of aryl methyl sites for hydroxylation is 1. The number of benzene rings is 1. The molecule has 1 fully saturated rings. The lowest BCUT2D eigenvalue weighted by Gasteiger charge is -2.30. The molecule has 0 aliphatic carbocycles. The smallest absolute Gasteiger partial charge is 0.265 e. The molecule has 0 saturated carbocycles. The molecule has 0 radical (unpaired) electrons. The van der Waals surface area contributed by atoms with E-state index >= 15 is 0 Å². The van der Waals surface area contributed by atoms with Crippen LogP contribution < -0.4 is 15.5 Å². The van der Waals surface area contributed by atoms with Crippen molar-refractivity contribution in [1.29, 1.82) is 0 Å². The van der Waals surface area contributed by atoms with Gasteiger partial charge in [0.1, 0.15) is 33.7 Å². The van der Waals surface area contributed by atoms with Gasteiger partial charge in [-0.1, -0.05) is 35.3 Å². The minimum Gasteiger partial charge on any atom is -0.489 e. The van der Waals surface area contributed by atoms with Crippen LogP contribution in [0.3, 0.4) is 0 Å². The highest BCUT2D eigenvalue weighted by Crippen LogP contribution is 2.41. The topological polar surface area (TPSA) is 134 Å². The fraction of sp³-hybridized carbons (Fsp3) is 0.320. The molecule has 3 heterocycles. The van der Waals surface area contributed by atoms with Gasteiger partial charge in [-0.3, -0.25) is 19.6 Å². The van der Waals surface area contributed by atoms with Crippen molar-refractivity contribution >= 4 is 57.5 Å². The van der Waals surface area contributed by atoms with Crippen molar-refractivity contribution in [1.82, 2.24) is 19.7 Å². The van der Waals surface area contributed by atoms with Crippen LogP contribution >= 0.6 is 34.7 Å². The zero-order valence-electron chi connectivity index (χ0n) is 20.5. The van der Waals surface area contributed by atoms with E-state index in [4.69, 9.17) is 33.1 Å². The van der Waals surface area contributed by atoms with Gasteiger partial charge >= 0.3 is 0 Å². The molecule has 13 heteroatoms. The van der Waals surface area contributed by atoms with Crippen LogP contribution in [0.15, 0.2) is 42.5 Å². The second-order valence-corrected chi connectivity index (χ2v) is 10.6. The summed E-state index contributed by atoms with van der Waals surface area (Å²) in [5.74, 6) is -0.902. The van der Waals surface area contributed by atoms with Gasteiger partial charge in [-0.2, -0.15) is 4.37 Å². The van der Waals surface area contributed by atoms with Crippen molar-refractivity contribution in [2.24, 2.45) is 0 Å². The van der Waals surface area contributed by atoms with Crippen molar-refractivity contribution < 1.29 is 24.3 Å². The van der Waals surface area contributed by atoms with Gasteiger partial charge in [0.05, 0.1) is 11.1 Å². The Bertz CT molecular complexity index is 1330. The number of hydrogen-bond acceptors (Lipinski definition) is 8. The van der Waals surface area contributed by atoms with Crippen molar-refractivity contribution in [2.75, 3.05) is 11.9 Å². The molecule has 200 valence electrons. The summed E-state index contributed by atoms with van der Waals surface area (Å²) in [6.45, 7) is 3.78. The molecule has 3 N–H and O–H groups in total. The third kappa shape index (κ3) is 6.07. The van der Waals surface area contributed by atoms with Gasteiger partial charge in [0, 0.05) is 13.0 Å². The number of hydroxylamine groups is 1. The fourth-order valence-corrected chi connectivity index (χ4v) is 5.63. The van der Waals surface area contributed by atoms with Gasteiger partial charge < -0.3 is 15.0 Å². The normalized spacial score (nSPS) is 17.8. The first kappa shape index (κ1) is 27.8. The zero-order chi connectivity index (χ0) is 27.4. The molecule has 0 spiro atoms. The van der Waals surface area contributed by atoms with Crippen LogP contribution in [0.2, 0.25) is 10.3 Å². The summed E-state index contributed by atoms with van der Waals surface area (Å²) in [5, 5.41) is 13.0. The Balaban J connectivity index is 1.57. The maximum Gasteiger partial charge on any atom is 0.265 e. The van der Waals surface area contributed by atoms with Crippen LogP contribution in [-0.2, 0) is 26.4 Å². The van der Waals surface area contributed by atoms with E-state index < -0.39 is 17.4 Å². The minimum atomic E-state index is -1.21. The SMILES string of the molecule is Cc1cc(NC(=O)CC2(c3ccc(OCc4cc(Cl)nc(Cl)c4)cc3)CCN(C(C)C(=O)NO)C2=O)sn1. The summed E-state index contributed by atoms with van der Waals surface area (Å²) in [6.07, 6.45) is 0.166. The van der Waals surface area contributed by atoms with Crippen LogP contribution in [-0.4, -0.2) is 49.8 Å². The largest absolute Gasteiger partial charge is 0.489 e. The van der Waals surface area contributed by atoms with Crippen LogP contribution in [0.5, 0.6) is 5.75 Å². The van der Waals surface area contributed by atoms with E-state index in [1.807, 2.05) is 6.92 Å². The van der Waals surface area contributed by atoms with Gasteiger partial charge in [0.2, 0.25) is 11.8 Å². The first-order chi connectivity index (χ1) is 18.1. The van der Waals surface area contributed by atoms with Crippen LogP contribution in [0, 0.1) is 6.92 Å². The molecule has 1 aliphatic heterocycles. The van der Waals surface area contributed by atoms with Gasteiger partial charge in [0.25, 0.3) is 5.91 Å². The highest BCUT2D eigenvalue weighted by Gasteiger charge is 2.51. The highest BCUT2D eigenvalue weighted by molar-refractivity contribution is 7.10. The lowest BCUT2D eigenvalue weighted by atomic mass is 9.75. The van der Waals surface area contributed by atoms with E-state index in [9.17, 15) is 14.4 Å². The Morgan fingerprint density at radius 1 is 1.21 bits per heavy atom. The number of halogens is 2. The molecule has 1 saturated heterocycles. The minimum absolute atomic E-state index is 0.138. The summed E-state index contributed by atoms with van der Waals surface area (Å²) in [6, 6.07) is 11.0. The number of aromatic nitrogens is 2. The number of carbonyl (C=O) groups is 3. The maximum absolute atomic E-state index is 13.8. The molecule has 0 bridgehead atoms. The lowest BCUT2D eigenvalue weighted by molar-refractivity contribution is -0.144. The van der Waals surface area contributed by atoms with Crippen molar-refractivity contribution in [2.45, 2.75) is 44.8 Å². The maximum atomic E-state index is 13.8. The number of ether oxygens (including phenoxy) is 1. The fourth-order valence-electron chi connectivity index (χ4n) is 4.45. The van der Waals surface area contributed by atoms with Crippen molar-refractivity contribution in [3.8, 4) is 5.75 Å². The van der Waals surface area contributed by atoms with Gasteiger partial charge in [-0.05, 0) is 73.3 Å². The number of nitrogens with zero attached hydrogens (tertiary/aromatic N) is 3. The molecule has 3 amide bonds. The van der Waals surface area contributed by atoms with Gasteiger partial charge in [-0.25, -0.2) is 10.5 Å². The van der Waals surface area contributed by atoms with Gasteiger partial charge in [-0.15, -0.1) is 0 Å². The summed E-state index contributed by atoms with van der Waals surface area (Å²) < 4.78 is 10.0. The van der Waals surface area contributed by atoms with Crippen LogP contribution in [0.4, 0.5) is 5.00 Å². The molecular weight excluding hydrogens is 553 g/mol. The Kier molecular flexibility index (Phi) is 8.51. The van der Waals surface area contributed by atoms with E-state index in [1.54, 1.807) is 47.9 Å². The number of rotatable bonds is 9. The molecule has 1 aliphatic rings. The molecule has 2 atom stereocenters. The Morgan fingerprint density at radius 3 is 2.50 bits per heavy atom. The summed E-state index contributed by atoms with van der Waals surface area (Å²) >= 11 is 13.1. The van der Waals surface area contributed by atoms with E-state index in [-0.39, 0.29) is 41.7 Å². The molecular formula is C25H25Cl2N5O5S. The van der Waals surface area contributed by atoms with Gasteiger partial charge in [0.15, 0.2) is 0 Å². The van der Waals surface area contributed by atoms with Crippen LogP contribution in [0.25, 0.3) is 0 Å². The number of hydrogen-bond donors (Lipinski definition) is 3. The monoisotopic (exact) mass is 577 g/mol. The Morgan fingerprint density at radius 2 is 1.89 bits per heavy atom. The molecule has 2 unspecified atom stereocenters. The number of anilines is 1. The average Bonchev–Trinajstić information content (AvgIpc) is 3.44. The number of nitrogens with one attached hydrogen (secondary N) is 2. The standard InChI is InChI=1S/C25H25Cl2N5O5S/c1-14-9-22(38-31-14)29-21(33)12-25(7-8-32(24(25)35)15(2)23(34)30-36)17-3-5-18(6-4-17)37-13-16-10-19(26)28-20(27)11-16/h3-6,9-11,15,36H,7-8,12-13H2,1-2H3,(H,29,33)(H,30,34).